The number of morpholine rings is 1. The SMILES string of the molecule is CC(C)CN1CCOC(COC(=O)c2nc(-c3cccs3)n(-c3ccc(F)cc3)n2)C1. The van der Waals surface area contributed by atoms with Gasteiger partial charge in [0.15, 0.2) is 5.82 Å². The quantitative estimate of drug-likeness (QED) is 0.518. The molecule has 0 N–H and O–H groups in total. The van der Waals surface area contributed by atoms with E-state index in [1.54, 1.807) is 12.1 Å². The molecule has 0 spiro atoms. The van der Waals surface area contributed by atoms with Crippen molar-refractivity contribution in [1.29, 1.82) is 0 Å². The van der Waals surface area contributed by atoms with Crippen molar-refractivity contribution < 1.29 is 18.7 Å². The molecule has 4 rings (SSSR count). The standard InChI is InChI=1S/C22H25FN4O3S/c1-15(2)12-26-9-10-29-18(13-26)14-30-22(28)20-24-21(19-4-3-11-31-19)27(25-20)17-7-5-16(23)6-8-17/h3-8,11,15,18H,9-10,12-14H2,1-2H3. The Hall–Kier alpha value is -2.62. The molecule has 1 atom stereocenters. The zero-order chi connectivity index (χ0) is 21.8. The molecule has 2 aromatic heterocycles. The van der Waals surface area contributed by atoms with Gasteiger partial charge in [-0.05, 0) is 41.6 Å². The Kier molecular flexibility index (Phi) is 6.74. The summed E-state index contributed by atoms with van der Waals surface area (Å²) in [4.78, 5) is 20.3. The van der Waals surface area contributed by atoms with Gasteiger partial charge in [-0.15, -0.1) is 16.4 Å². The molecule has 3 heterocycles. The van der Waals surface area contributed by atoms with E-state index in [2.05, 4.69) is 28.8 Å². The lowest BCUT2D eigenvalue weighted by Gasteiger charge is -2.33. The van der Waals surface area contributed by atoms with Gasteiger partial charge < -0.3 is 9.47 Å². The first kappa shape index (κ1) is 21.6. The molecule has 1 unspecified atom stereocenters. The number of carbonyl (C=O) groups is 1. The molecule has 0 aliphatic carbocycles. The van der Waals surface area contributed by atoms with Crippen LogP contribution in [0, 0.1) is 11.7 Å². The topological polar surface area (TPSA) is 69.5 Å². The van der Waals surface area contributed by atoms with E-state index in [1.165, 1.54) is 28.2 Å². The Morgan fingerprint density at radius 2 is 2.13 bits per heavy atom. The maximum Gasteiger partial charge on any atom is 0.378 e. The molecule has 164 valence electrons. The van der Waals surface area contributed by atoms with E-state index in [0.29, 0.717) is 24.0 Å². The van der Waals surface area contributed by atoms with Crippen molar-refractivity contribution >= 4 is 17.3 Å². The second-order valence-electron chi connectivity index (χ2n) is 7.87. The lowest BCUT2D eigenvalue weighted by Crippen LogP contribution is -2.45. The van der Waals surface area contributed by atoms with Gasteiger partial charge in [0.2, 0.25) is 0 Å². The summed E-state index contributed by atoms with van der Waals surface area (Å²) in [6, 6.07) is 9.66. The van der Waals surface area contributed by atoms with Crippen LogP contribution in [0.15, 0.2) is 41.8 Å². The summed E-state index contributed by atoms with van der Waals surface area (Å²) in [7, 11) is 0. The van der Waals surface area contributed by atoms with E-state index in [9.17, 15) is 9.18 Å². The first-order chi connectivity index (χ1) is 15.0. The smallest absolute Gasteiger partial charge is 0.378 e. The third kappa shape index (κ3) is 5.36. The number of esters is 1. The average molecular weight is 445 g/mol. The number of hydrogen-bond acceptors (Lipinski definition) is 7. The number of rotatable bonds is 7. The predicted molar refractivity (Wildman–Crippen MR) is 116 cm³/mol. The molecule has 31 heavy (non-hydrogen) atoms. The van der Waals surface area contributed by atoms with Crippen LogP contribution in [-0.2, 0) is 9.47 Å². The molecule has 9 heteroatoms. The molecule has 0 saturated carbocycles. The Morgan fingerprint density at radius 1 is 1.32 bits per heavy atom. The maximum absolute atomic E-state index is 13.4. The summed E-state index contributed by atoms with van der Waals surface area (Å²) in [5.41, 5.74) is 0.608. The number of carbonyl (C=O) groups excluding carboxylic acids is 1. The molecule has 1 aromatic carbocycles. The number of aromatic nitrogens is 3. The van der Waals surface area contributed by atoms with E-state index in [0.717, 1.165) is 24.5 Å². The van der Waals surface area contributed by atoms with Crippen LogP contribution in [0.1, 0.15) is 24.5 Å². The summed E-state index contributed by atoms with van der Waals surface area (Å²) in [5, 5.41) is 6.27. The molecular formula is C22H25FN4O3S. The van der Waals surface area contributed by atoms with E-state index < -0.39 is 5.97 Å². The van der Waals surface area contributed by atoms with Gasteiger partial charge in [-0.2, -0.15) is 4.98 Å². The molecule has 0 bridgehead atoms. The van der Waals surface area contributed by atoms with Gasteiger partial charge in [0, 0.05) is 19.6 Å². The van der Waals surface area contributed by atoms with Gasteiger partial charge in [0.05, 0.1) is 17.2 Å². The third-order valence-electron chi connectivity index (χ3n) is 4.85. The van der Waals surface area contributed by atoms with E-state index in [4.69, 9.17) is 9.47 Å². The number of thiophene rings is 1. The van der Waals surface area contributed by atoms with Gasteiger partial charge in [0.1, 0.15) is 18.5 Å². The van der Waals surface area contributed by atoms with Crippen molar-refractivity contribution in [3.63, 3.8) is 0 Å². The van der Waals surface area contributed by atoms with Crippen LogP contribution in [-0.4, -0.2) is 64.6 Å². The van der Waals surface area contributed by atoms with E-state index >= 15 is 0 Å². The summed E-state index contributed by atoms with van der Waals surface area (Å²) in [6.07, 6.45) is -0.174. The van der Waals surface area contributed by atoms with Crippen LogP contribution in [0.4, 0.5) is 4.39 Å². The average Bonchev–Trinajstić information content (AvgIpc) is 3.42. The third-order valence-corrected chi connectivity index (χ3v) is 5.71. The Morgan fingerprint density at radius 3 is 2.84 bits per heavy atom. The summed E-state index contributed by atoms with van der Waals surface area (Å²) in [6.45, 7) is 7.72. The molecule has 3 aromatic rings. The fraction of sp³-hybridized carbons (Fsp3) is 0.409. The molecule has 1 fully saturated rings. The maximum atomic E-state index is 13.4. The number of nitrogens with zero attached hydrogens (tertiary/aromatic N) is 4. The van der Waals surface area contributed by atoms with Crippen LogP contribution in [0.25, 0.3) is 16.4 Å². The highest BCUT2D eigenvalue weighted by atomic mass is 32.1. The minimum absolute atomic E-state index is 0.0393. The largest absolute Gasteiger partial charge is 0.457 e. The first-order valence-electron chi connectivity index (χ1n) is 10.3. The highest BCUT2D eigenvalue weighted by molar-refractivity contribution is 7.13. The van der Waals surface area contributed by atoms with Crippen molar-refractivity contribution in [1.82, 2.24) is 19.7 Å². The number of halogens is 1. The summed E-state index contributed by atoms with van der Waals surface area (Å²) in [5.74, 6) is 0.0770. The Balaban J connectivity index is 1.48. The Bertz CT molecular complexity index is 1000. The molecule has 1 saturated heterocycles. The van der Waals surface area contributed by atoms with Gasteiger partial charge >= 0.3 is 5.97 Å². The van der Waals surface area contributed by atoms with Gasteiger partial charge in [-0.3, -0.25) is 4.90 Å². The highest BCUT2D eigenvalue weighted by Crippen LogP contribution is 2.26. The number of benzene rings is 1. The van der Waals surface area contributed by atoms with Gasteiger partial charge in [-0.25, -0.2) is 13.9 Å². The summed E-state index contributed by atoms with van der Waals surface area (Å²) >= 11 is 1.48. The van der Waals surface area contributed by atoms with Crippen molar-refractivity contribution in [3.8, 4) is 16.4 Å². The monoisotopic (exact) mass is 444 g/mol. The van der Waals surface area contributed by atoms with Gasteiger partial charge in [-0.1, -0.05) is 19.9 Å². The molecule has 1 aliphatic heterocycles. The molecule has 0 amide bonds. The normalized spacial score (nSPS) is 17.2. The minimum atomic E-state index is -0.608. The van der Waals surface area contributed by atoms with E-state index in [1.807, 2.05) is 17.5 Å². The highest BCUT2D eigenvalue weighted by Gasteiger charge is 2.25. The lowest BCUT2D eigenvalue weighted by molar-refractivity contribution is -0.0615. The number of hydrogen-bond donors (Lipinski definition) is 0. The van der Waals surface area contributed by atoms with Crippen molar-refractivity contribution in [3.05, 3.63) is 53.4 Å². The van der Waals surface area contributed by atoms with Crippen molar-refractivity contribution in [2.75, 3.05) is 32.8 Å². The molecule has 0 radical (unpaired) electrons. The zero-order valence-corrected chi connectivity index (χ0v) is 18.3. The van der Waals surface area contributed by atoms with Crippen molar-refractivity contribution in [2.24, 2.45) is 5.92 Å². The lowest BCUT2D eigenvalue weighted by atomic mass is 10.2. The van der Waals surface area contributed by atoms with Gasteiger partial charge in [0.25, 0.3) is 5.82 Å². The van der Waals surface area contributed by atoms with Crippen LogP contribution in [0.3, 0.4) is 0 Å². The minimum Gasteiger partial charge on any atom is -0.457 e. The fourth-order valence-electron chi connectivity index (χ4n) is 3.52. The van der Waals surface area contributed by atoms with Crippen LogP contribution in [0.5, 0.6) is 0 Å². The second kappa shape index (κ2) is 9.67. The summed E-state index contributed by atoms with van der Waals surface area (Å²) < 4.78 is 26.1. The van der Waals surface area contributed by atoms with Crippen LogP contribution < -0.4 is 0 Å². The Labute approximate surface area is 184 Å². The molecule has 7 nitrogen and oxygen atoms in total. The first-order valence-corrected chi connectivity index (χ1v) is 11.2. The van der Waals surface area contributed by atoms with Crippen LogP contribution in [0.2, 0.25) is 0 Å². The van der Waals surface area contributed by atoms with E-state index in [-0.39, 0.29) is 24.4 Å². The molecular weight excluding hydrogens is 419 g/mol. The molecule has 1 aliphatic rings. The second-order valence-corrected chi connectivity index (χ2v) is 8.82. The predicted octanol–water partition coefficient (Wildman–Crippen LogP) is 3.65. The fourth-order valence-corrected chi connectivity index (χ4v) is 4.22. The zero-order valence-electron chi connectivity index (χ0n) is 17.5. The van der Waals surface area contributed by atoms with Crippen molar-refractivity contribution in [2.45, 2.75) is 20.0 Å². The number of ether oxygens (including phenoxy) is 2. The van der Waals surface area contributed by atoms with Crippen LogP contribution >= 0.6 is 11.3 Å².